The molecule has 0 saturated carbocycles. The third-order valence-electron chi connectivity index (χ3n) is 4.35. The molecule has 1 saturated heterocycles. The van der Waals surface area contributed by atoms with Gasteiger partial charge in [-0.05, 0) is 43.7 Å². The lowest BCUT2D eigenvalue weighted by molar-refractivity contribution is 0.127. The zero-order valence-corrected chi connectivity index (χ0v) is 13.4. The molecule has 0 aliphatic carbocycles. The van der Waals surface area contributed by atoms with Crippen molar-refractivity contribution in [1.29, 1.82) is 0 Å². The summed E-state index contributed by atoms with van der Waals surface area (Å²) in [5.74, 6) is 0.122. The van der Waals surface area contributed by atoms with Crippen molar-refractivity contribution in [3.8, 4) is 11.3 Å². The van der Waals surface area contributed by atoms with E-state index in [4.69, 9.17) is 4.74 Å². The Morgan fingerprint density at radius 1 is 1.22 bits per heavy atom. The topological polar surface area (TPSA) is 38.2 Å². The van der Waals surface area contributed by atoms with Crippen LogP contribution in [0.1, 0.15) is 24.5 Å². The van der Waals surface area contributed by atoms with E-state index < -0.39 is 0 Å². The molecule has 0 bridgehead atoms. The molecule has 1 atom stereocenters. The maximum Gasteiger partial charge on any atom is 0.123 e. The van der Waals surface area contributed by atoms with Crippen molar-refractivity contribution in [2.75, 3.05) is 33.4 Å². The highest BCUT2D eigenvalue weighted by atomic mass is 19.1. The highest BCUT2D eigenvalue weighted by molar-refractivity contribution is 5.62. The van der Waals surface area contributed by atoms with Crippen molar-refractivity contribution in [2.45, 2.75) is 18.8 Å². The summed E-state index contributed by atoms with van der Waals surface area (Å²) in [4.78, 5) is 11.5. The quantitative estimate of drug-likeness (QED) is 0.850. The van der Waals surface area contributed by atoms with Gasteiger partial charge in [0.05, 0.1) is 18.0 Å². The van der Waals surface area contributed by atoms with Crippen LogP contribution in [0.25, 0.3) is 11.3 Å². The first-order chi connectivity index (χ1) is 11.3. The van der Waals surface area contributed by atoms with Gasteiger partial charge < -0.3 is 9.64 Å². The van der Waals surface area contributed by atoms with Crippen molar-refractivity contribution < 1.29 is 9.13 Å². The number of nitrogens with zero attached hydrogens (tertiary/aromatic N) is 3. The SMILES string of the molecule is COCCN1CCCC(c2nccnc2-c2ccc(F)cc2)C1. The van der Waals surface area contributed by atoms with E-state index in [0.29, 0.717) is 5.92 Å². The second-order valence-corrected chi connectivity index (χ2v) is 5.93. The minimum absolute atomic E-state index is 0.234. The highest BCUT2D eigenvalue weighted by Gasteiger charge is 2.25. The van der Waals surface area contributed by atoms with Gasteiger partial charge in [0.15, 0.2) is 0 Å². The Labute approximate surface area is 136 Å². The zero-order valence-electron chi connectivity index (χ0n) is 13.4. The summed E-state index contributed by atoms with van der Waals surface area (Å²) in [6.07, 6.45) is 5.70. The molecule has 3 rings (SSSR count). The average molecular weight is 315 g/mol. The Kier molecular flexibility index (Phi) is 5.31. The van der Waals surface area contributed by atoms with E-state index >= 15 is 0 Å². The van der Waals surface area contributed by atoms with Crippen LogP contribution in [-0.2, 0) is 4.74 Å². The molecule has 0 N–H and O–H groups in total. The lowest BCUT2D eigenvalue weighted by atomic mass is 9.91. The Morgan fingerprint density at radius 2 is 2.00 bits per heavy atom. The third-order valence-corrected chi connectivity index (χ3v) is 4.35. The summed E-state index contributed by atoms with van der Waals surface area (Å²) in [5.41, 5.74) is 2.80. The first kappa shape index (κ1) is 16.0. The molecule has 5 heteroatoms. The fourth-order valence-electron chi connectivity index (χ4n) is 3.18. The van der Waals surface area contributed by atoms with Crippen LogP contribution >= 0.6 is 0 Å². The molecular weight excluding hydrogens is 293 g/mol. The van der Waals surface area contributed by atoms with Gasteiger partial charge in [-0.2, -0.15) is 0 Å². The fourth-order valence-corrected chi connectivity index (χ4v) is 3.18. The van der Waals surface area contributed by atoms with Crippen molar-refractivity contribution in [3.63, 3.8) is 0 Å². The van der Waals surface area contributed by atoms with E-state index in [1.807, 2.05) is 0 Å². The van der Waals surface area contributed by atoms with Crippen LogP contribution < -0.4 is 0 Å². The van der Waals surface area contributed by atoms with E-state index in [1.54, 1.807) is 31.6 Å². The van der Waals surface area contributed by atoms with Gasteiger partial charge in [-0.25, -0.2) is 4.39 Å². The minimum Gasteiger partial charge on any atom is -0.383 e. The predicted molar refractivity (Wildman–Crippen MR) is 87.7 cm³/mol. The number of benzene rings is 1. The number of rotatable bonds is 5. The molecule has 0 amide bonds. The predicted octanol–water partition coefficient (Wildman–Crippen LogP) is 3.11. The van der Waals surface area contributed by atoms with E-state index in [-0.39, 0.29) is 5.82 Å². The van der Waals surface area contributed by atoms with E-state index in [2.05, 4.69) is 14.9 Å². The van der Waals surface area contributed by atoms with Gasteiger partial charge in [0, 0.05) is 44.1 Å². The maximum absolute atomic E-state index is 13.2. The summed E-state index contributed by atoms with van der Waals surface area (Å²) >= 11 is 0. The van der Waals surface area contributed by atoms with Crippen molar-refractivity contribution in [1.82, 2.24) is 14.9 Å². The highest BCUT2D eigenvalue weighted by Crippen LogP contribution is 2.31. The van der Waals surface area contributed by atoms with Crippen LogP contribution in [-0.4, -0.2) is 48.2 Å². The Balaban J connectivity index is 1.83. The number of hydrogen-bond acceptors (Lipinski definition) is 4. The Bertz CT molecular complexity index is 632. The van der Waals surface area contributed by atoms with Gasteiger partial charge >= 0.3 is 0 Å². The summed E-state index contributed by atoms with van der Waals surface area (Å²) in [6, 6.07) is 6.49. The Morgan fingerprint density at radius 3 is 2.78 bits per heavy atom. The van der Waals surface area contributed by atoms with Gasteiger partial charge in [0.1, 0.15) is 5.82 Å². The van der Waals surface area contributed by atoms with Crippen molar-refractivity contribution >= 4 is 0 Å². The molecule has 1 aromatic heterocycles. The van der Waals surface area contributed by atoms with Gasteiger partial charge in [-0.15, -0.1) is 0 Å². The number of likely N-dealkylation sites (tertiary alicyclic amines) is 1. The first-order valence-electron chi connectivity index (χ1n) is 8.06. The van der Waals surface area contributed by atoms with Crippen molar-refractivity contribution in [3.05, 3.63) is 48.2 Å². The number of piperidine rings is 1. The molecule has 1 fully saturated rings. The molecule has 4 nitrogen and oxygen atoms in total. The lowest BCUT2D eigenvalue weighted by Gasteiger charge is -2.32. The molecule has 1 unspecified atom stereocenters. The standard InChI is InChI=1S/C18H22FN3O/c1-23-12-11-22-10-2-3-15(13-22)18-17(20-8-9-21-18)14-4-6-16(19)7-5-14/h4-9,15H,2-3,10-13H2,1H3. The number of methoxy groups -OCH3 is 1. The summed E-state index contributed by atoms with van der Waals surface area (Å²) in [7, 11) is 1.73. The Hall–Kier alpha value is -1.85. The molecule has 1 aromatic carbocycles. The smallest absolute Gasteiger partial charge is 0.123 e. The number of aromatic nitrogens is 2. The second kappa shape index (κ2) is 7.62. The molecule has 23 heavy (non-hydrogen) atoms. The molecule has 2 heterocycles. The normalized spacial score (nSPS) is 19.0. The molecule has 1 aliphatic heterocycles. The van der Waals surface area contributed by atoms with E-state index in [9.17, 15) is 4.39 Å². The molecular formula is C18H22FN3O. The van der Waals surface area contributed by atoms with Gasteiger partial charge in [0.2, 0.25) is 0 Å². The van der Waals surface area contributed by atoms with Crippen LogP contribution in [0.15, 0.2) is 36.7 Å². The van der Waals surface area contributed by atoms with Gasteiger partial charge in [-0.3, -0.25) is 9.97 Å². The summed E-state index contributed by atoms with van der Waals surface area (Å²) < 4.78 is 18.4. The van der Waals surface area contributed by atoms with Crippen LogP contribution in [0.2, 0.25) is 0 Å². The lowest BCUT2D eigenvalue weighted by Crippen LogP contribution is -2.37. The van der Waals surface area contributed by atoms with Gasteiger partial charge in [0.25, 0.3) is 0 Å². The number of hydrogen-bond donors (Lipinski definition) is 0. The first-order valence-corrected chi connectivity index (χ1v) is 8.06. The summed E-state index contributed by atoms with van der Waals surface area (Å²) in [5, 5.41) is 0. The van der Waals surface area contributed by atoms with Crippen LogP contribution in [0.3, 0.4) is 0 Å². The summed E-state index contributed by atoms with van der Waals surface area (Å²) in [6.45, 7) is 3.76. The second-order valence-electron chi connectivity index (χ2n) is 5.93. The maximum atomic E-state index is 13.2. The third kappa shape index (κ3) is 3.92. The monoisotopic (exact) mass is 315 g/mol. The minimum atomic E-state index is -0.234. The van der Waals surface area contributed by atoms with Crippen LogP contribution in [0.5, 0.6) is 0 Å². The van der Waals surface area contributed by atoms with E-state index in [1.165, 1.54) is 12.1 Å². The van der Waals surface area contributed by atoms with Crippen LogP contribution in [0.4, 0.5) is 4.39 Å². The molecule has 2 aromatic rings. The molecule has 1 aliphatic rings. The molecule has 0 radical (unpaired) electrons. The van der Waals surface area contributed by atoms with E-state index in [0.717, 1.165) is 56.0 Å². The average Bonchev–Trinajstić information content (AvgIpc) is 2.61. The number of ether oxygens (including phenoxy) is 1. The van der Waals surface area contributed by atoms with Crippen LogP contribution in [0, 0.1) is 5.82 Å². The molecule has 0 spiro atoms. The van der Waals surface area contributed by atoms with Crippen molar-refractivity contribution in [2.24, 2.45) is 0 Å². The largest absolute Gasteiger partial charge is 0.383 e. The zero-order chi connectivity index (χ0) is 16.1. The fraction of sp³-hybridized carbons (Fsp3) is 0.444. The molecule has 122 valence electrons. The number of halogens is 1. The van der Waals surface area contributed by atoms with Gasteiger partial charge in [-0.1, -0.05) is 0 Å².